The largest absolute Gasteiger partial charge is 0.488 e. The molecule has 1 aliphatic carbocycles. The Morgan fingerprint density at radius 1 is 1.30 bits per heavy atom. The number of H-pyrrole nitrogens is 1. The van der Waals surface area contributed by atoms with Crippen LogP contribution in [0.25, 0.3) is 21.5 Å². The van der Waals surface area contributed by atoms with Gasteiger partial charge in [0, 0.05) is 10.4 Å². The van der Waals surface area contributed by atoms with Crippen molar-refractivity contribution in [1.29, 1.82) is 0 Å². The number of para-hydroxylation sites is 1. The van der Waals surface area contributed by atoms with Crippen LogP contribution in [0.2, 0.25) is 0 Å². The monoisotopic (exact) mass is 384 g/mol. The minimum atomic E-state index is -0.110. The van der Waals surface area contributed by atoms with E-state index in [-0.39, 0.29) is 18.9 Å². The molecule has 27 heavy (non-hydrogen) atoms. The van der Waals surface area contributed by atoms with Crippen LogP contribution in [0.1, 0.15) is 48.5 Å². The highest BCUT2D eigenvalue weighted by molar-refractivity contribution is 7.19. The second kappa shape index (κ2) is 7.82. The normalized spacial score (nSPS) is 15.3. The molecular weight excluding hydrogens is 360 g/mol. The van der Waals surface area contributed by atoms with Crippen LogP contribution >= 0.6 is 11.3 Å². The van der Waals surface area contributed by atoms with Crippen molar-refractivity contribution in [3.8, 4) is 17.0 Å². The highest BCUT2D eigenvalue weighted by Crippen LogP contribution is 2.48. The number of rotatable bonds is 6. The second-order valence-corrected chi connectivity index (χ2v) is 8.42. The molecular formula is C21H24N2O3S. The fraction of sp³-hybridized carbons (Fsp3) is 0.429. The van der Waals surface area contributed by atoms with Crippen molar-refractivity contribution >= 4 is 27.2 Å². The Kier molecular flexibility index (Phi) is 5.27. The number of nitrogens with one attached hydrogen (secondary N) is 1. The zero-order valence-electron chi connectivity index (χ0n) is 15.5. The summed E-state index contributed by atoms with van der Waals surface area (Å²) in [6, 6.07) is 7.64. The Bertz CT molecular complexity index is 954. The van der Waals surface area contributed by atoms with Gasteiger partial charge in [0.2, 0.25) is 0 Å². The van der Waals surface area contributed by atoms with E-state index in [1.54, 1.807) is 6.07 Å². The number of fused-ring (bicyclic) bond motifs is 1. The first kappa shape index (κ1) is 18.2. The number of aryl methyl sites for hydroxylation is 1. The number of benzene rings is 1. The lowest BCUT2D eigenvalue weighted by Crippen LogP contribution is -2.06. The van der Waals surface area contributed by atoms with Crippen LogP contribution in [0, 0.1) is 11.8 Å². The van der Waals surface area contributed by atoms with E-state index in [9.17, 15) is 10.0 Å². The number of thiophene rings is 1. The molecule has 0 spiro atoms. The lowest BCUT2D eigenvalue weighted by Gasteiger charge is -2.23. The average Bonchev–Trinajstić information content (AvgIpc) is 3.22. The third-order valence-corrected chi connectivity index (χ3v) is 6.43. The van der Waals surface area contributed by atoms with E-state index in [4.69, 9.17) is 4.74 Å². The molecule has 5 nitrogen and oxygen atoms in total. The molecule has 0 bridgehead atoms. The molecule has 142 valence electrons. The number of aliphatic hydroxyl groups excluding tert-OH is 1. The van der Waals surface area contributed by atoms with Gasteiger partial charge in [-0.05, 0) is 54.6 Å². The van der Waals surface area contributed by atoms with Crippen LogP contribution in [-0.2, 0) is 0 Å². The number of nitroso groups, excluding NO2 is 1. The van der Waals surface area contributed by atoms with Crippen LogP contribution in [0.4, 0.5) is 5.69 Å². The number of hydrogen-bond acceptors (Lipinski definition) is 5. The summed E-state index contributed by atoms with van der Waals surface area (Å²) in [5.41, 5.74) is 4.64. The predicted octanol–water partition coefficient (Wildman–Crippen LogP) is 6.02. The maximum absolute atomic E-state index is 11.3. The van der Waals surface area contributed by atoms with Crippen LogP contribution in [0.15, 0.2) is 29.4 Å². The highest BCUT2D eigenvalue weighted by atomic mass is 32.1. The molecule has 2 heterocycles. The smallest absolute Gasteiger partial charge is 0.157 e. The molecule has 3 aromatic rings. The van der Waals surface area contributed by atoms with Gasteiger partial charge in [0.1, 0.15) is 6.61 Å². The maximum Gasteiger partial charge on any atom is 0.157 e. The van der Waals surface area contributed by atoms with Crippen molar-refractivity contribution in [2.75, 3.05) is 13.2 Å². The molecule has 0 unspecified atom stereocenters. The van der Waals surface area contributed by atoms with E-state index in [2.05, 4.69) is 23.2 Å². The van der Waals surface area contributed by atoms with Crippen molar-refractivity contribution < 1.29 is 9.84 Å². The lowest BCUT2D eigenvalue weighted by molar-refractivity contribution is 0.202. The number of hydrogen-bond donors (Lipinski definition) is 2. The van der Waals surface area contributed by atoms with Crippen molar-refractivity contribution in [3.63, 3.8) is 0 Å². The molecule has 0 aliphatic heterocycles. The summed E-state index contributed by atoms with van der Waals surface area (Å²) >= 11 is 1.82. The summed E-state index contributed by atoms with van der Waals surface area (Å²) < 4.78 is 7.05. The van der Waals surface area contributed by atoms with Gasteiger partial charge in [-0.1, -0.05) is 25.3 Å². The van der Waals surface area contributed by atoms with Crippen LogP contribution in [0.3, 0.4) is 0 Å². The molecule has 1 aromatic carbocycles. The molecule has 1 fully saturated rings. The van der Waals surface area contributed by atoms with Crippen molar-refractivity contribution in [1.82, 2.24) is 4.98 Å². The van der Waals surface area contributed by atoms with Crippen molar-refractivity contribution in [3.05, 3.63) is 39.6 Å². The minimum absolute atomic E-state index is 0.110. The molecule has 6 heteroatoms. The van der Waals surface area contributed by atoms with Crippen molar-refractivity contribution in [2.24, 2.45) is 5.18 Å². The molecule has 4 rings (SSSR count). The van der Waals surface area contributed by atoms with Gasteiger partial charge < -0.3 is 14.8 Å². The SMILES string of the molecule is Cc1cc2[nH]c(-c3cccc(N=O)c3OCCO)c(C3CCCCC3)c2s1. The van der Waals surface area contributed by atoms with Crippen LogP contribution in [0.5, 0.6) is 5.75 Å². The third kappa shape index (κ3) is 3.39. The average molecular weight is 385 g/mol. The van der Waals surface area contributed by atoms with Crippen molar-refractivity contribution in [2.45, 2.75) is 44.9 Å². The van der Waals surface area contributed by atoms with Gasteiger partial charge in [-0.25, -0.2) is 0 Å². The van der Waals surface area contributed by atoms with Crippen LogP contribution < -0.4 is 4.74 Å². The van der Waals surface area contributed by atoms with E-state index < -0.39 is 0 Å². The van der Waals surface area contributed by atoms with Gasteiger partial charge in [-0.3, -0.25) is 0 Å². The topological polar surface area (TPSA) is 74.7 Å². The summed E-state index contributed by atoms with van der Waals surface area (Å²) in [5.74, 6) is 0.961. The molecule has 0 radical (unpaired) electrons. The van der Waals surface area contributed by atoms with E-state index in [1.165, 1.54) is 47.2 Å². The van der Waals surface area contributed by atoms with E-state index in [0.29, 0.717) is 11.7 Å². The van der Waals surface area contributed by atoms with Gasteiger partial charge in [0.05, 0.1) is 22.5 Å². The Hall–Kier alpha value is -2.18. The first-order chi connectivity index (χ1) is 13.2. The number of aliphatic hydroxyl groups is 1. The first-order valence-corrected chi connectivity index (χ1v) is 10.4. The molecule has 0 saturated heterocycles. The minimum Gasteiger partial charge on any atom is -0.488 e. The Labute approximate surface area is 162 Å². The Morgan fingerprint density at radius 2 is 2.11 bits per heavy atom. The van der Waals surface area contributed by atoms with Crippen LogP contribution in [-0.4, -0.2) is 23.3 Å². The zero-order chi connectivity index (χ0) is 18.8. The summed E-state index contributed by atoms with van der Waals surface area (Å²) in [6.45, 7) is 2.16. The molecule has 1 saturated carbocycles. The van der Waals surface area contributed by atoms with E-state index in [0.717, 1.165) is 16.8 Å². The fourth-order valence-electron chi connectivity index (χ4n) is 4.21. The summed E-state index contributed by atoms with van der Waals surface area (Å²) in [6.07, 6.45) is 6.19. The molecule has 2 N–H and O–H groups in total. The standard InChI is InChI=1S/C21H24N2O3S/c1-13-12-17-21(27-13)18(14-6-3-2-4-7-14)19(22-17)15-8-5-9-16(23-25)20(15)26-11-10-24/h5,8-9,12,14,22,24H,2-4,6-7,10-11H2,1H3. The number of aromatic amines is 1. The van der Waals surface area contributed by atoms with E-state index >= 15 is 0 Å². The van der Waals surface area contributed by atoms with Gasteiger partial charge in [0.15, 0.2) is 11.4 Å². The van der Waals surface area contributed by atoms with Gasteiger partial charge in [0.25, 0.3) is 0 Å². The highest BCUT2D eigenvalue weighted by Gasteiger charge is 2.27. The molecule has 1 aliphatic rings. The van der Waals surface area contributed by atoms with Gasteiger partial charge in [-0.2, -0.15) is 0 Å². The Balaban J connectivity index is 1.91. The van der Waals surface area contributed by atoms with E-state index in [1.807, 2.05) is 23.5 Å². The number of ether oxygens (including phenoxy) is 1. The third-order valence-electron chi connectivity index (χ3n) is 5.34. The summed E-state index contributed by atoms with van der Waals surface area (Å²) in [4.78, 5) is 16.2. The number of nitrogens with zero attached hydrogens (tertiary/aromatic N) is 1. The second-order valence-electron chi connectivity index (χ2n) is 7.17. The quantitative estimate of drug-likeness (QED) is 0.510. The summed E-state index contributed by atoms with van der Waals surface area (Å²) in [5, 5.41) is 12.3. The number of aromatic nitrogens is 1. The predicted molar refractivity (Wildman–Crippen MR) is 110 cm³/mol. The molecule has 0 amide bonds. The van der Waals surface area contributed by atoms with Gasteiger partial charge in [-0.15, -0.1) is 16.2 Å². The molecule has 2 aromatic heterocycles. The zero-order valence-corrected chi connectivity index (χ0v) is 16.3. The molecule has 0 atom stereocenters. The lowest BCUT2D eigenvalue weighted by atomic mass is 9.83. The first-order valence-electron chi connectivity index (χ1n) is 9.55. The Morgan fingerprint density at radius 3 is 2.85 bits per heavy atom. The maximum atomic E-state index is 11.3. The fourth-order valence-corrected chi connectivity index (χ4v) is 5.31. The van der Waals surface area contributed by atoms with Gasteiger partial charge >= 0.3 is 0 Å². The summed E-state index contributed by atoms with van der Waals surface area (Å²) in [7, 11) is 0.